The number of likely N-dealkylation sites (tertiary alicyclic amines) is 1. The Balaban J connectivity index is 1.47. The molecule has 122 valence electrons. The van der Waals surface area contributed by atoms with Gasteiger partial charge in [-0.15, -0.1) is 0 Å². The third kappa shape index (κ3) is 3.48. The summed E-state index contributed by atoms with van der Waals surface area (Å²) in [5, 5.41) is 4.06. The van der Waals surface area contributed by atoms with Crippen molar-refractivity contribution in [2.45, 2.75) is 58.0 Å². The van der Waals surface area contributed by atoms with Crippen LogP contribution in [0.2, 0.25) is 0 Å². The topological polar surface area (TPSA) is 62.5 Å². The molecule has 0 aromatic carbocycles. The molecule has 1 aromatic heterocycles. The van der Waals surface area contributed by atoms with Crippen molar-refractivity contribution in [3.05, 3.63) is 11.7 Å². The molecule has 0 atom stereocenters. The van der Waals surface area contributed by atoms with Gasteiger partial charge < -0.3 is 9.42 Å². The Kier molecular flexibility index (Phi) is 4.47. The molecule has 1 aromatic rings. The fourth-order valence-electron chi connectivity index (χ4n) is 2.91. The molecule has 22 heavy (non-hydrogen) atoms. The van der Waals surface area contributed by atoms with E-state index >= 15 is 0 Å². The van der Waals surface area contributed by atoms with Crippen LogP contribution in [-0.4, -0.2) is 52.0 Å². The second kappa shape index (κ2) is 6.36. The summed E-state index contributed by atoms with van der Waals surface area (Å²) in [6.07, 6.45) is 4.21. The van der Waals surface area contributed by atoms with E-state index < -0.39 is 0 Å². The van der Waals surface area contributed by atoms with Crippen LogP contribution in [-0.2, 0) is 11.3 Å². The second-order valence-corrected chi connectivity index (χ2v) is 6.91. The fraction of sp³-hybridized carbons (Fsp3) is 0.812. The number of hydrogen-bond donors (Lipinski definition) is 0. The maximum atomic E-state index is 12.4. The molecule has 1 aliphatic carbocycles. The van der Waals surface area contributed by atoms with Gasteiger partial charge in [0.05, 0.1) is 6.54 Å². The summed E-state index contributed by atoms with van der Waals surface area (Å²) < 4.78 is 5.33. The second-order valence-electron chi connectivity index (χ2n) is 6.91. The predicted molar refractivity (Wildman–Crippen MR) is 82.2 cm³/mol. The predicted octanol–water partition coefficient (Wildman–Crippen LogP) is 2.03. The van der Waals surface area contributed by atoms with Gasteiger partial charge in [0.25, 0.3) is 0 Å². The van der Waals surface area contributed by atoms with Gasteiger partial charge in [-0.25, -0.2) is 0 Å². The van der Waals surface area contributed by atoms with Gasteiger partial charge in [0.2, 0.25) is 11.8 Å². The highest BCUT2D eigenvalue weighted by Gasteiger charge is 2.31. The van der Waals surface area contributed by atoms with Crippen LogP contribution in [0.15, 0.2) is 4.52 Å². The molecule has 2 fully saturated rings. The van der Waals surface area contributed by atoms with Crippen LogP contribution in [0.3, 0.4) is 0 Å². The van der Waals surface area contributed by atoms with E-state index in [1.54, 1.807) is 0 Å². The third-order valence-electron chi connectivity index (χ3n) is 4.84. The zero-order valence-electron chi connectivity index (χ0n) is 13.8. The molecule has 6 nitrogen and oxygen atoms in total. The van der Waals surface area contributed by atoms with Gasteiger partial charge in [0, 0.05) is 24.9 Å². The minimum atomic E-state index is 0.161. The van der Waals surface area contributed by atoms with Gasteiger partial charge in [-0.1, -0.05) is 5.16 Å². The zero-order chi connectivity index (χ0) is 15.7. The van der Waals surface area contributed by atoms with Gasteiger partial charge in [0.15, 0.2) is 5.82 Å². The van der Waals surface area contributed by atoms with Crippen molar-refractivity contribution in [3.63, 3.8) is 0 Å². The number of rotatable bonds is 5. The van der Waals surface area contributed by atoms with Crippen LogP contribution >= 0.6 is 0 Å². The largest absolute Gasteiger partial charge is 0.343 e. The molecular formula is C16H26N4O2. The van der Waals surface area contributed by atoms with Crippen LogP contribution in [0.5, 0.6) is 0 Å². The van der Waals surface area contributed by atoms with Gasteiger partial charge in [-0.2, -0.15) is 4.98 Å². The zero-order valence-corrected chi connectivity index (χ0v) is 13.8. The van der Waals surface area contributed by atoms with E-state index in [2.05, 4.69) is 28.9 Å². The van der Waals surface area contributed by atoms with Crippen LogP contribution in [0.25, 0.3) is 0 Å². The van der Waals surface area contributed by atoms with Crippen molar-refractivity contribution in [1.29, 1.82) is 0 Å². The molecule has 6 heteroatoms. The van der Waals surface area contributed by atoms with Crippen molar-refractivity contribution in [3.8, 4) is 0 Å². The summed E-state index contributed by atoms with van der Waals surface area (Å²) in [6, 6.07) is 0.268. The van der Waals surface area contributed by atoms with Gasteiger partial charge in [-0.3, -0.25) is 9.69 Å². The first-order chi connectivity index (χ1) is 10.5. The Morgan fingerprint density at radius 3 is 2.59 bits per heavy atom. The van der Waals surface area contributed by atoms with Crippen molar-refractivity contribution in [2.24, 2.45) is 5.92 Å². The number of amides is 1. The number of carbonyl (C=O) groups is 1. The summed E-state index contributed by atoms with van der Waals surface area (Å²) in [6.45, 7) is 6.66. The highest BCUT2D eigenvalue weighted by molar-refractivity contribution is 5.78. The lowest BCUT2D eigenvalue weighted by Crippen LogP contribution is -2.43. The molecule has 0 bridgehead atoms. The van der Waals surface area contributed by atoms with E-state index in [4.69, 9.17) is 4.52 Å². The normalized spacial score (nSPS) is 20.5. The lowest BCUT2D eigenvalue weighted by atomic mass is 9.95. The number of piperidine rings is 1. The molecule has 0 spiro atoms. The van der Waals surface area contributed by atoms with E-state index in [1.807, 2.05) is 11.9 Å². The molecule has 2 aliphatic rings. The molecule has 1 saturated carbocycles. The molecule has 1 aliphatic heterocycles. The Morgan fingerprint density at radius 2 is 2.00 bits per heavy atom. The number of aromatic nitrogens is 2. The summed E-state index contributed by atoms with van der Waals surface area (Å²) in [7, 11) is 1.90. The van der Waals surface area contributed by atoms with Crippen LogP contribution in [0.4, 0.5) is 0 Å². The number of nitrogens with zero attached hydrogens (tertiary/aromatic N) is 4. The van der Waals surface area contributed by atoms with E-state index in [-0.39, 0.29) is 17.9 Å². The lowest BCUT2D eigenvalue weighted by molar-refractivity contribution is -0.137. The Labute approximate surface area is 131 Å². The molecular weight excluding hydrogens is 280 g/mol. The van der Waals surface area contributed by atoms with Crippen molar-refractivity contribution in [1.82, 2.24) is 19.9 Å². The maximum absolute atomic E-state index is 12.4. The van der Waals surface area contributed by atoms with Crippen LogP contribution in [0, 0.1) is 5.92 Å². The highest BCUT2D eigenvalue weighted by Crippen LogP contribution is 2.38. The third-order valence-corrected chi connectivity index (χ3v) is 4.84. The van der Waals surface area contributed by atoms with Gasteiger partial charge in [0.1, 0.15) is 0 Å². The van der Waals surface area contributed by atoms with Crippen LogP contribution < -0.4 is 0 Å². The standard InChI is InChI=1S/C16H26N4O2/c1-11(2)19(3)16(21)13-6-8-20(9-7-13)10-14-17-15(18-22-14)12-4-5-12/h11-13H,4-10H2,1-3H3. The van der Waals surface area contributed by atoms with E-state index in [1.165, 1.54) is 12.8 Å². The maximum Gasteiger partial charge on any atom is 0.240 e. The van der Waals surface area contributed by atoms with E-state index in [9.17, 15) is 4.79 Å². The summed E-state index contributed by atoms with van der Waals surface area (Å²) in [5.41, 5.74) is 0. The molecule has 0 unspecified atom stereocenters. The Bertz CT molecular complexity index is 516. The molecule has 1 amide bonds. The minimum Gasteiger partial charge on any atom is -0.343 e. The first kappa shape index (κ1) is 15.5. The highest BCUT2D eigenvalue weighted by atomic mass is 16.5. The van der Waals surface area contributed by atoms with Crippen LogP contribution in [0.1, 0.15) is 57.2 Å². The molecule has 1 saturated heterocycles. The monoisotopic (exact) mass is 306 g/mol. The Hall–Kier alpha value is -1.43. The first-order valence-electron chi connectivity index (χ1n) is 8.36. The van der Waals surface area contributed by atoms with Gasteiger partial charge >= 0.3 is 0 Å². The van der Waals surface area contributed by atoms with Crippen molar-refractivity contribution >= 4 is 5.91 Å². The van der Waals surface area contributed by atoms with Crippen molar-refractivity contribution in [2.75, 3.05) is 20.1 Å². The van der Waals surface area contributed by atoms with Crippen molar-refractivity contribution < 1.29 is 9.32 Å². The molecule has 0 N–H and O–H groups in total. The van der Waals surface area contributed by atoms with E-state index in [0.29, 0.717) is 18.4 Å². The summed E-state index contributed by atoms with van der Waals surface area (Å²) in [4.78, 5) is 21.0. The fourth-order valence-corrected chi connectivity index (χ4v) is 2.91. The molecule has 3 rings (SSSR count). The smallest absolute Gasteiger partial charge is 0.240 e. The average Bonchev–Trinajstić information content (AvgIpc) is 3.27. The minimum absolute atomic E-state index is 0.161. The summed E-state index contributed by atoms with van der Waals surface area (Å²) >= 11 is 0. The number of carbonyl (C=O) groups excluding carboxylic acids is 1. The number of hydrogen-bond acceptors (Lipinski definition) is 5. The quantitative estimate of drug-likeness (QED) is 0.833. The Morgan fingerprint density at radius 1 is 1.32 bits per heavy atom. The SMILES string of the molecule is CC(C)N(C)C(=O)C1CCN(Cc2nc(C3CC3)no2)CC1. The molecule has 2 heterocycles. The summed E-state index contributed by atoms with van der Waals surface area (Å²) in [5.74, 6) is 2.56. The van der Waals surface area contributed by atoms with Gasteiger partial charge in [-0.05, 0) is 52.6 Å². The average molecular weight is 306 g/mol. The van der Waals surface area contributed by atoms with E-state index in [0.717, 1.165) is 31.8 Å². The first-order valence-corrected chi connectivity index (χ1v) is 8.36. The molecule has 0 radical (unpaired) electrons. The lowest BCUT2D eigenvalue weighted by Gasteiger charge is -2.33.